The summed E-state index contributed by atoms with van der Waals surface area (Å²) in [6.45, 7) is 1.76. The molecular formula is C29H33N3O5. The van der Waals surface area contributed by atoms with Gasteiger partial charge >= 0.3 is 0 Å². The van der Waals surface area contributed by atoms with Crippen molar-refractivity contribution in [2.75, 3.05) is 26.7 Å². The SMILES string of the molecule is COc1ccc2c(c1)C(=O)N(CC1(CC(=O)N3CCC(Cc4ccccc4)CC3)CCC(=O)NC1=O)C2. The number of nitrogens with zero attached hydrogens (tertiary/aromatic N) is 2. The number of benzene rings is 2. The maximum atomic E-state index is 13.5. The van der Waals surface area contributed by atoms with Gasteiger partial charge in [-0.15, -0.1) is 0 Å². The van der Waals surface area contributed by atoms with Crippen molar-refractivity contribution in [3.05, 3.63) is 65.2 Å². The van der Waals surface area contributed by atoms with Gasteiger partial charge in [-0.25, -0.2) is 0 Å². The standard InChI is InChI=1S/C29H33N3O5/c1-37-23-8-7-22-18-32(27(35)24(22)16-23)19-29(12-9-25(33)30-28(29)36)17-26(34)31-13-10-21(11-14-31)15-20-5-3-2-4-6-20/h2-8,16,21H,9-15,17-19H2,1H3,(H,30,33,36). The number of carbonyl (C=O) groups is 4. The van der Waals surface area contributed by atoms with E-state index in [4.69, 9.17) is 4.74 Å². The third-order valence-electron chi connectivity index (χ3n) is 8.08. The molecular weight excluding hydrogens is 470 g/mol. The lowest BCUT2D eigenvalue weighted by Crippen LogP contribution is -2.56. The number of imide groups is 1. The van der Waals surface area contributed by atoms with Gasteiger partial charge < -0.3 is 14.5 Å². The van der Waals surface area contributed by atoms with E-state index >= 15 is 0 Å². The van der Waals surface area contributed by atoms with Gasteiger partial charge in [0, 0.05) is 44.6 Å². The molecule has 3 aliphatic rings. The summed E-state index contributed by atoms with van der Waals surface area (Å²) in [5.74, 6) is 0.0397. The van der Waals surface area contributed by atoms with Gasteiger partial charge in [0.05, 0.1) is 12.5 Å². The molecule has 5 rings (SSSR count). The number of rotatable bonds is 7. The molecule has 1 atom stereocenters. The van der Waals surface area contributed by atoms with Gasteiger partial charge in [-0.2, -0.15) is 0 Å². The average Bonchev–Trinajstić information content (AvgIpc) is 3.21. The average molecular weight is 504 g/mol. The highest BCUT2D eigenvalue weighted by atomic mass is 16.5. The van der Waals surface area contributed by atoms with E-state index in [-0.39, 0.29) is 43.5 Å². The van der Waals surface area contributed by atoms with Crippen LogP contribution in [0.4, 0.5) is 0 Å². The third kappa shape index (κ3) is 5.24. The van der Waals surface area contributed by atoms with Crippen LogP contribution >= 0.6 is 0 Å². The molecule has 2 aromatic carbocycles. The van der Waals surface area contributed by atoms with E-state index in [1.54, 1.807) is 18.1 Å². The number of fused-ring (bicyclic) bond motifs is 1. The minimum atomic E-state index is -1.13. The van der Waals surface area contributed by atoms with Crippen LogP contribution < -0.4 is 10.1 Å². The van der Waals surface area contributed by atoms with Crippen LogP contribution in [-0.4, -0.2) is 60.2 Å². The van der Waals surface area contributed by atoms with Crippen molar-refractivity contribution in [2.24, 2.45) is 11.3 Å². The molecule has 8 heteroatoms. The van der Waals surface area contributed by atoms with Crippen molar-refractivity contribution in [2.45, 2.75) is 45.1 Å². The Hall–Kier alpha value is -3.68. The second-order valence-electron chi connectivity index (χ2n) is 10.5. The second kappa shape index (κ2) is 10.4. The van der Waals surface area contributed by atoms with Crippen molar-refractivity contribution >= 4 is 23.6 Å². The summed E-state index contributed by atoms with van der Waals surface area (Å²) >= 11 is 0. The number of carbonyl (C=O) groups excluding carboxylic acids is 4. The zero-order valence-electron chi connectivity index (χ0n) is 21.2. The number of likely N-dealkylation sites (tertiary alicyclic amines) is 1. The number of hydrogen-bond donors (Lipinski definition) is 1. The van der Waals surface area contributed by atoms with Gasteiger partial charge in [0.2, 0.25) is 17.7 Å². The predicted molar refractivity (Wildman–Crippen MR) is 137 cm³/mol. The van der Waals surface area contributed by atoms with E-state index in [9.17, 15) is 19.2 Å². The summed E-state index contributed by atoms with van der Waals surface area (Å²) in [5, 5.41) is 2.43. The van der Waals surface area contributed by atoms with E-state index in [0.29, 0.717) is 36.9 Å². The molecule has 1 unspecified atom stereocenters. The number of nitrogens with one attached hydrogen (secondary N) is 1. The molecule has 3 heterocycles. The summed E-state index contributed by atoms with van der Waals surface area (Å²) < 4.78 is 5.26. The second-order valence-corrected chi connectivity index (χ2v) is 10.5. The quantitative estimate of drug-likeness (QED) is 0.586. The van der Waals surface area contributed by atoms with Crippen molar-refractivity contribution in [1.29, 1.82) is 0 Å². The lowest BCUT2D eigenvalue weighted by atomic mass is 9.75. The molecule has 0 spiro atoms. The Balaban J connectivity index is 1.26. The molecule has 2 fully saturated rings. The fraction of sp³-hybridized carbons (Fsp3) is 0.448. The number of ether oxygens (including phenoxy) is 1. The first-order chi connectivity index (χ1) is 17.9. The van der Waals surface area contributed by atoms with Gasteiger partial charge in [-0.1, -0.05) is 36.4 Å². The number of piperidine rings is 2. The van der Waals surface area contributed by atoms with Crippen LogP contribution in [0.1, 0.15) is 53.6 Å². The highest BCUT2D eigenvalue weighted by molar-refractivity contribution is 6.03. The zero-order valence-corrected chi connectivity index (χ0v) is 21.2. The number of methoxy groups -OCH3 is 1. The molecule has 2 aromatic rings. The third-order valence-corrected chi connectivity index (χ3v) is 8.08. The first-order valence-electron chi connectivity index (χ1n) is 13.0. The molecule has 0 saturated carbocycles. The molecule has 194 valence electrons. The van der Waals surface area contributed by atoms with E-state index in [0.717, 1.165) is 24.8 Å². The monoisotopic (exact) mass is 503 g/mol. The molecule has 8 nitrogen and oxygen atoms in total. The largest absolute Gasteiger partial charge is 0.497 e. The van der Waals surface area contributed by atoms with Crippen LogP contribution in [0, 0.1) is 11.3 Å². The Morgan fingerprint density at radius 3 is 2.54 bits per heavy atom. The van der Waals surface area contributed by atoms with Crippen LogP contribution in [0.2, 0.25) is 0 Å². The van der Waals surface area contributed by atoms with Gasteiger partial charge in [-0.3, -0.25) is 24.5 Å². The fourth-order valence-electron chi connectivity index (χ4n) is 5.86. The van der Waals surface area contributed by atoms with Crippen molar-refractivity contribution in [1.82, 2.24) is 15.1 Å². The summed E-state index contributed by atoms with van der Waals surface area (Å²) in [6, 6.07) is 15.8. The van der Waals surface area contributed by atoms with Crippen LogP contribution in [0.5, 0.6) is 5.75 Å². The Kier molecular flexibility index (Phi) is 7.00. The Labute approximate surface area is 217 Å². The normalized spacial score (nSPS) is 22.1. The Bertz CT molecular complexity index is 1210. The summed E-state index contributed by atoms with van der Waals surface area (Å²) in [6.07, 6.45) is 3.22. The first kappa shape index (κ1) is 25.0. The minimum Gasteiger partial charge on any atom is -0.497 e. The van der Waals surface area contributed by atoms with Gasteiger partial charge in [0.15, 0.2) is 0 Å². The van der Waals surface area contributed by atoms with Crippen LogP contribution in [0.25, 0.3) is 0 Å². The topological polar surface area (TPSA) is 96.0 Å². The first-order valence-corrected chi connectivity index (χ1v) is 13.0. The highest BCUT2D eigenvalue weighted by Crippen LogP contribution is 2.37. The minimum absolute atomic E-state index is 0.0150. The van der Waals surface area contributed by atoms with E-state index in [1.165, 1.54) is 5.56 Å². The molecule has 0 aromatic heterocycles. The van der Waals surface area contributed by atoms with Crippen LogP contribution in [0.15, 0.2) is 48.5 Å². The lowest BCUT2D eigenvalue weighted by molar-refractivity contribution is -0.149. The van der Waals surface area contributed by atoms with Crippen molar-refractivity contribution in [3.8, 4) is 5.75 Å². The summed E-state index contributed by atoms with van der Waals surface area (Å²) in [5.41, 5.74) is 1.59. The summed E-state index contributed by atoms with van der Waals surface area (Å²) in [7, 11) is 1.55. The summed E-state index contributed by atoms with van der Waals surface area (Å²) in [4.78, 5) is 55.3. The van der Waals surface area contributed by atoms with Crippen molar-refractivity contribution < 1.29 is 23.9 Å². The molecule has 0 aliphatic carbocycles. The van der Waals surface area contributed by atoms with E-state index in [2.05, 4.69) is 17.4 Å². The molecule has 2 saturated heterocycles. The maximum Gasteiger partial charge on any atom is 0.254 e. The van der Waals surface area contributed by atoms with Crippen LogP contribution in [-0.2, 0) is 27.3 Å². The van der Waals surface area contributed by atoms with Crippen molar-refractivity contribution in [3.63, 3.8) is 0 Å². The smallest absolute Gasteiger partial charge is 0.254 e. The van der Waals surface area contributed by atoms with E-state index < -0.39 is 11.3 Å². The molecule has 3 aliphatic heterocycles. The molecule has 4 amide bonds. The molecule has 1 N–H and O–H groups in total. The fourth-order valence-corrected chi connectivity index (χ4v) is 5.86. The molecule has 0 radical (unpaired) electrons. The molecule has 37 heavy (non-hydrogen) atoms. The predicted octanol–water partition coefficient (Wildman–Crippen LogP) is 2.95. The zero-order chi connectivity index (χ0) is 26.0. The number of amides is 4. The van der Waals surface area contributed by atoms with Gasteiger partial charge in [-0.05, 0) is 54.9 Å². The lowest BCUT2D eigenvalue weighted by Gasteiger charge is -2.40. The maximum absolute atomic E-state index is 13.5. The van der Waals surface area contributed by atoms with Gasteiger partial charge in [0.25, 0.3) is 5.91 Å². The van der Waals surface area contributed by atoms with Crippen LogP contribution in [0.3, 0.4) is 0 Å². The molecule has 0 bridgehead atoms. The Morgan fingerprint density at radius 1 is 1.08 bits per heavy atom. The van der Waals surface area contributed by atoms with Gasteiger partial charge in [0.1, 0.15) is 5.75 Å². The van der Waals surface area contributed by atoms with E-state index in [1.807, 2.05) is 35.2 Å². The number of hydrogen-bond acceptors (Lipinski definition) is 5. The highest BCUT2D eigenvalue weighted by Gasteiger charge is 2.48. The Morgan fingerprint density at radius 2 is 1.84 bits per heavy atom.